The Kier molecular flexibility index (Phi) is 4.05. The fourth-order valence-electron chi connectivity index (χ4n) is 1.40. The van der Waals surface area contributed by atoms with E-state index in [-0.39, 0.29) is 22.9 Å². The van der Waals surface area contributed by atoms with E-state index in [1.807, 2.05) is 6.92 Å². The highest BCUT2D eigenvalue weighted by Gasteiger charge is 2.32. The lowest BCUT2D eigenvalue weighted by Crippen LogP contribution is -2.35. The van der Waals surface area contributed by atoms with E-state index >= 15 is 0 Å². The van der Waals surface area contributed by atoms with Crippen LogP contribution >= 0.6 is 11.6 Å². The summed E-state index contributed by atoms with van der Waals surface area (Å²) in [6.07, 6.45) is 0.574. The van der Waals surface area contributed by atoms with Crippen molar-refractivity contribution in [3.05, 3.63) is 34.6 Å². The van der Waals surface area contributed by atoms with Crippen LogP contribution < -0.4 is 5.73 Å². The molecular weight excluding hydrogens is 229 g/mol. The first-order valence-electron chi connectivity index (χ1n) is 5.14. The molecule has 0 spiro atoms. The molecule has 4 heteroatoms. The quantitative estimate of drug-likeness (QED) is 0.826. The maximum absolute atomic E-state index is 13.6. The van der Waals surface area contributed by atoms with Crippen LogP contribution in [-0.2, 0) is 0 Å². The summed E-state index contributed by atoms with van der Waals surface area (Å²) in [4.78, 5) is 12.1. The number of nitrogens with two attached hydrogens (primary N) is 1. The highest BCUT2D eigenvalue weighted by atomic mass is 35.5. The van der Waals surface area contributed by atoms with Crippen LogP contribution in [0.4, 0.5) is 4.39 Å². The van der Waals surface area contributed by atoms with Crippen LogP contribution in [0.25, 0.3) is 0 Å². The van der Waals surface area contributed by atoms with Crippen LogP contribution in [0.3, 0.4) is 0 Å². The number of rotatable bonds is 4. The van der Waals surface area contributed by atoms with Gasteiger partial charge in [0.05, 0.1) is 5.56 Å². The normalized spacial score (nSPS) is 14.6. The molecule has 0 radical (unpaired) electrons. The van der Waals surface area contributed by atoms with E-state index in [1.165, 1.54) is 12.1 Å². The molecule has 2 nitrogen and oxygen atoms in total. The molecule has 1 aromatic carbocycles. The lowest BCUT2D eigenvalue weighted by atomic mass is 9.80. The second kappa shape index (κ2) is 4.93. The summed E-state index contributed by atoms with van der Waals surface area (Å²) >= 11 is 5.63. The average Bonchev–Trinajstić information content (AvgIpc) is 2.27. The van der Waals surface area contributed by atoms with Crippen LogP contribution in [0.2, 0.25) is 5.02 Å². The van der Waals surface area contributed by atoms with Gasteiger partial charge in [-0.25, -0.2) is 4.39 Å². The summed E-state index contributed by atoms with van der Waals surface area (Å²) in [7, 11) is 0. The number of hydrogen-bond donors (Lipinski definition) is 1. The Balaban J connectivity index is 3.14. The summed E-state index contributed by atoms with van der Waals surface area (Å²) in [6.45, 7) is 3.80. The molecule has 2 N–H and O–H groups in total. The van der Waals surface area contributed by atoms with Gasteiger partial charge >= 0.3 is 0 Å². The van der Waals surface area contributed by atoms with Gasteiger partial charge in [-0.15, -0.1) is 0 Å². The summed E-state index contributed by atoms with van der Waals surface area (Å²) in [6, 6.07) is 4.05. The van der Waals surface area contributed by atoms with Gasteiger partial charge in [0.2, 0.25) is 0 Å². The van der Waals surface area contributed by atoms with Crippen LogP contribution in [0.15, 0.2) is 18.2 Å². The molecule has 1 atom stereocenters. The molecular formula is C12H15ClFNO. The molecule has 88 valence electrons. The first kappa shape index (κ1) is 13.1. The van der Waals surface area contributed by atoms with Crippen molar-refractivity contribution < 1.29 is 9.18 Å². The number of hydrogen-bond acceptors (Lipinski definition) is 2. The minimum absolute atomic E-state index is 0.0548. The molecule has 16 heavy (non-hydrogen) atoms. The van der Waals surface area contributed by atoms with E-state index in [0.717, 1.165) is 6.07 Å². The number of halogens is 2. The van der Waals surface area contributed by atoms with E-state index in [9.17, 15) is 9.18 Å². The first-order valence-corrected chi connectivity index (χ1v) is 5.52. The smallest absolute Gasteiger partial charge is 0.172 e. The number of carbonyl (C=O) groups excluding carboxylic acids is 1. The third-order valence-corrected chi connectivity index (χ3v) is 3.19. The zero-order chi connectivity index (χ0) is 12.3. The van der Waals surface area contributed by atoms with Crippen LogP contribution in [0, 0.1) is 11.2 Å². The van der Waals surface area contributed by atoms with Crippen LogP contribution in [-0.4, -0.2) is 12.3 Å². The summed E-state index contributed by atoms with van der Waals surface area (Å²) in [5.41, 5.74) is 4.91. The van der Waals surface area contributed by atoms with Crippen molar-refractivity contribution in [3.63, 3.8) is 0 Å². The monoisotopic (exact) mass is 243 g/mol. The van der Waals surface area contributed by atoms with Gasteiger partial charge in [0.15, 0.2) is 5.78 Å². The van der Waals surface area contributed by atoms with Gasteiger partial charge in [-0.1, -0.05) is 25.4 Å². The standard InChI is InChI=1S/C12H15ClFNO/c1-3-12(2,7-15)11(16)9-5-4-8(13)6-10(9)14/h4-6H,3,7,15H2,1-2H3. The van der Waals surface area contributed by atoms with Gasteiger partial charge in [-0.3, -0.25) is 4.79 Å². The van der Waals surface area contributed by atoms with Crippen molar-refractivity contribution in [1.29, 1.82) is 0 Å². The SMILES string of the molecule is CCC(C)(CN)C(=O)c1ccc(Cl)cc1F. The van der Waals surface area contributed by atoms with Gasteiger partial charge in [-0.05, 0) is 24.6 Å². The number of ketones is 1. The van der Waals surface area contributed by atoms with E-state index in [1.54, 1.807) is 6.92 Å². The zero-order valence-corrected chi connectivity index (χ0v) is 10.1. The van der Waals surface area contributed by atoms with Gasteiger partial charge in [0, 0.05) is 17.0 Å². The van der Waals surface area contributed by atoms with Crippen molar-refractivity contribution >= 4 is 17.4 Å². The highest BCUT2D eigenvalue weighted by Crippen LogP contribution is 2.27. The third-order valence-electron chi connectivity index (χ3n) is 2.95. The molecule has 0 aliphatic heterocycles. The zero-order valence-electron chi connectivity index (χ0n) is 9.39. The lowest BCUT2D eigenvalue weighted by Gasteiger charge is -2.24. The number of benzene rings is 1. The second-order valence-electron chi connectivity index (χ2n) is 4.07. The minimum atomic E-state index is -0.714. The Morgan fingerprint density at radius 1 is 1.56 bits per heavy atom. The minimum Gasteiger partial charge on any atom is -0.329 e. The van der Waals surface area contributed by atoms with Crippen LogP contribution in [0.1, 0.15) is 30.6 Å². The van der Waals surface area contributed by atoms with E-state index < -0.39 is 11.2 Å². The molecule has 0 aliphatic rings. The molecule has 1 rings (SSSR count). The molecule has 0 saturated carbocycles. The summed E-state index contributed by atoms with van der Waals surface area (Å²) < 4.78 is 13.6. The van der Waals surface area contributed by atoms with Crippen molar-refractivity contribution in [3.8, 4) is 0 Å². The molecule has 0 bridgehead atoms. The fraction of sp³-hybridized carbons (Fsp3) is 0.417. The average molecular weight is 244 g/mol. The topological polar surface area (TPSA) is 43.1 Å². The van der Waals surface area contributed by atoms with Crippen molar-refractivity contribution in [2.24, 2.45) is 11.1 Å². The maximum atomic E-state index is 13.6. The second-order valence-corrected chi connectivity index (χ2v) is 4.51. The van der Waals surface area contributed by atoms with Crippen molar-refractivity contribution in [2.45, 2.75) is 20.3 Å². The third kappa shape index (κ3) is 2.42. The molecule has 1 unspecified atom stereocenters. The van der Waals surface area contributed by atoms with E-state index in [2.05, 4.69) is 0 Å². The Bertz CT molecular complexity index is 402. The number of Topliss-reactive ketones (excluding diaryl/α,β-unsaturated/α-hetero) is 1. The summed E-state index contributed by atoms with van der Waals surface area (Å²) in [5.74, 6) is -0.864. The van der Waals surface area contributed by atoms with Crippen molar-refractivity contribution in [2.75, 3.05) is 6.54 Å². The van der Waals surface area contributed by atoms with E-state index in [4.69, 9.17) is 17.3 Å². The van der Waals surface area contributed by atoms with Gasteiger partial charge in [0.25, 0.3) is 0 Å². The molecule has 0 aliphatic carbocycles. The largest absolute Gasteiger partial charge is 0.329 e. The van der Waals surface area contributed by atoms with Gasteiger partial charge in [0.1, 0.15) is 5.82 Å². The van der Waals surface area contributed by atoms with Crippen molar-refractivity contribution in [1.82, 2.24) is 0 Å². The Labute approximate surface area is 99.6 Å². The summed E-state index contributed by atoms with van der Waals surface area (Å²) in [5, 5.41) is 0.278. The highest BCUT2D eigenvalue weighted by molar-refractivity contribution is 6.30. The molecule has 0 amide bonds. The maximum Gasteiger partial charge on any atom is 0.172 e. The van der Waals surface area contributed by atoms with Gasteiger partial charge < -0.3 is 5.73 Å². The predicted molar refractivity (Wildman–Crippen MR) is 63.2 cm³/mol. The molecule has 0 aromatic heterocycles. The molecule has 1 aromatic rings. The Hall–Kier alpha value is -0.930. The molecule has 0 heterocycles. The molecule has 0 fully saturated rings. The van der Waals surface area contributed by atoms with Crippen LogP contribution in [0.5, 0.6) is 0 Å². The fourth-order valence-corrected chi connectivity index (χ4v) is 1.56. The lowest BCUT2D eigenvalue weighted by molar-refractivity contribution is 0.0815. The first-order chi connectivity index (χ1) is 7.44. The Morgan fingerprint density at radius 3 is 2.62 bits per heavy atom. The number of carbonyl (C=O) groups is 1. The van der Waals surface area contributed by atoms with E-state index in [0.29, 0.717) is 6.42 Å². The Morgan fingerprint density at radius 2 is 2.19 bits per heavy atom. The molecule has 0 saturated heterocycles. The van der Waals surface area contributed by atoms with Gasteiger partial charge in [-0.2, -0.15) is 0 Å². The predicted octanol–water partition coefficient (Wildman–Crippen LogP) is 3.04.